The van der Waals surface area contributed by atoms with Gasteiger partial charge in [-0.2, -0.15) is 0 Å². The molecule has 0 atom stereocenters. The number of hydrogen-bond acceptors (Lipinski definition) is 5. The molecule has 33 heavy (non-hydrogen) atoms. The minimum Gasteiger partial charge on any atom is -0.381 e. The maximum absolute atomic E-state index is 14.2. The molecule has 0 unspecified atom stereocenters. The number of aromatic amines is 1. The van der Waals surface area contributed by atoms with E-state index in [0.29, 0.717) is 36.4 Å². The number of amides is 1. The van der Waals surface area contributed by atoms with E-state index < -0.39 is 0 Å². The second-order valence-electron chi connectivity index (χ2n) is 8.78. The highest BCUT2D eigenvalue weighted by Crippen LogP contribution is 2.30. The van der Waals surface area contributed by atoms with Gasteiger partial charge in [-0.3, -0.25) is 14.0 Å². The predicted octanol–water partition coefficient (Wildman–Crippen LogP) is 3.07. The first-order chi connectivity index (χ1) is 16.0. The second-order valence-corrected chi connectivity index (χ2v) is 8.78. The van der Waals surface area contributed by atoms with Gasteiger partial charge in [-0.25, -0.2) is 4.39 Å². The minimum absolute atomic E-state index is 0.151. The Labute approximate surface area is 188 Å². The van der Waals surface area contributed by atoms with Crippen molar-refractivity contribution in [1.82, 2.24) is 24.5 Å². The lowest BCUT2D eigenvalue weighted by Crippen LogP contribution is -2.26. The third kappa shape index (κ3) is 3.14. The molecule has 1 N–H and O–H groups in total. The number of fused-ring (bicyclic) bond motifs is 4. The van der Waals surface area contributed by atoms with Crippen molar-refractivity contribution in [3.63, 3.8) is 0 Å². The van der Waals surface area contributed by atoms with E-state index in [4.69, 9.17) is 4.74 Å². The summed E-state index contributed by atoms with van der Waals surface area (Å²) in [4.78, 5) is 30.6. The molecule has 1 saturated heterocycles. The summed E-state index contributed by atoms with van der Waals surface area (Å²) >= 11 is 0. The molecule has 1 fully saturated rings. The molecule has 168 valence electrons. The largest absolute Gasteiger partial charge is 0.381 e. The van der Waals surface area contributed by atoms with Gasteiger partial charge in [0.1, 0.15) is 11.6 Å². The molecule has 4 aromatic rings. The fourth-order valence-electron chi connectivity index (χ4n) is 4.98. The number of ether oxygens (including phenoxy) is 1. The Morgan fingerprint density at radius 3 is 2.79 bits per heavy atom. The van der Waals surface area contributed by atoms with E-state index in [-0.39, 0.29) is 35.4 Å². The lowest BCUT2D eigenvalue weighted by Gasteiger charge is -2.21. The van der Waals surface area contributed by atoms with Crippen LogP contribution in [-0.4, -0.2) is 43.6 Å². The zero-order chi connectivity index (χ0) is 22.7. The molecule has 0 spiro atoms. The van der Waals surface area contributed by atoms with E-state index in [0.717, 1.165) is 35.3 Å². The molecule has 2 aromatic carbocycles. The van der Waals surface area contributed by atoms with Crippen LogP contribution in [0.3, 0.4) is 0 Å². The average molecular weight is 447 g/mol. The smallest absolute Gasteiger partial charge is 0.294 e. The summed E-state index contributed by atoms with van der Waals surface area (Å²) < 4.78 is 21.5. The minimum atomic E-state index is -0.355. The number of benzene rings is 2. The fourth-order valence-corrected chi connectivity index (χ4v) is 4.98. The summed E-state index contributed by atoms with van der Waals surface area (Å²) in [6, 6.07) is 8.52. The van der Waals surface area contributed by atoms with Gasteiger partial charge in [0.2, 0.25) is 5.65 Å². The van der Waals surface area contributed by atoms with Crippen molar-refractivity contribution in [3.8, 4) is 0 Å². The molecule has 0 aliphatic carbocycles. The Balaban J connectivity index is 1.44. The number of halogens is 1. The van der Waals surface area contributed by atoms with Gasteiger partial charge >= 0.3 is 0 Å². The lowest BCUT2D eigenvalue weighted by molar-refractivity contribution is 0.0750. The van der Waals surface area contributed by atoms with Gasteiger partial charge in [-0.15, -0.1) is 10.2 Å². The molecule has 2 aliphatic heterocycles. The molecule has 9 heteroatoms. The average Bonchev–Trinajstić information content (AvgIpc) is 3.46. The summed E-state index contributed by atoms with van der Waals surface area (Å²) in [6.45, 7) is 3.76. The van der Waals surface area contributed by atoms with Gasteiger partial charge in [0.25, 0.3) is 11.5 Å². The third-order valence-electron chi connectivity index (χ3n) is 6.75. The Morgan fingerprint density at radius 1 is 1.18 bits per heavy atom. The van der Waals surface area contributed by atoms with Crippen LogP contribution in [0.4, 0.5) is 4.39 Å². The van der Waals surface area contributed by atoms with Gasteiger partial charge in [-0.1, -0.05) is 12.1 Å². The number of H-pyrrole nitrogens is 1. The maximum Gasteiger partial charge on any atom is 0.294 e. The molecule has 2 aromatic heterocycles. The van der Waals surface area contributed by atoms with Gasteiger partial charge in [0, 0.05) is 43.3 Å². The van der Waals surface area contributed by atoms with E-state index in [9.17, 15) is 14.0 Å². The van der Waals surface area contributed by atoms with Crippen molar-refractivity contribution in [2.75, 3.05) is 13.2 Å². The number of nitrogens with one attached hydrogen (secondary N) is 1. The van der Waals surface area contributed by atoms with E-state index in [2.05, 4.69) is 15.2 Å². The molecule has 0 saturated carbocycles. The molecule has 2 aliphatic rings. The summed E-state index contributed by atoms with van der Waals surface area (Å²) in [5, 5.41) is 8.48. The molecule has 4 heterocycles. The predicted molar refractivity (Wildman–Crippen MR) is 119 cm³/mol. The number of aryl methyl sites for hydroxylation is 1. The zero-order valence-corrected chi connectivity index (χ0v) is 18.1. The molecule has 0 radical (unpaired) electrons. The molecule has 8 nitrogen and oxygen atoms in total. The second kappa shape index (κ2) is 7.48. The Morgan fingerprint density at radius 2 is 2.00 bits per heavy atom. The number of carbonyl (C=O) groups is 1. The van der Waals surface area contributed by atoms with Gasteiger partial charge in [-0.05, 0) is 49.1 Å². The van der Waals surface area contributed by atoms with Crippen LogP contribution in [0.2, 0.25) is 0 Å². The highest BCUT2D eigenvalue weighted by atomic mass is 19.1. The molecule has 1 amide bonds. The van der Waals surface area contributed by atoms with Crippen molar-refractivity contribution in [2.24, 2.45) is 0 Å². The monoisotopic (exact) mass is 447 g/mol. The molecular weight excluding hydrogens is 425 g/mol. The summed E-state index contributed by atoms with van der Waals surface area (Å²) in [6.07, 6.45) is 1.63. The standard InChI is InChI=1S/C24H22FN5O3/c1-13-9-20-19(10-16(13)24(32)29-11-15-3-2-4-18(25)17(15)12-29)26-23(31)22-28-27-21(30(20)22)14-5-7-33-8-6-14/h2-4,9-10,14H,5-8,11-12H2,1H3,(H,26,31). The number of rotatable bonds is 2. The van der Waals surface area contributed by atoms with Crippen LogP contribution in [0.25, 0.3) is 16.7 Å². The van der Waals surface area contributed by atoms with Crippen LogP contribution < -0.4 is 5.56 Å². The van der Waals surface area contributed by atoms with Crippen molar-refractivity contribution in [3.05, 3.63) is 74.6 Å². The van der Waals surface area contributed by atoms with Crippen LogP contribution in [0.5, 0.6) is 0 Å². The third-order valence-corrected chi connectivity index (χ3v) is 6.75. The molecular formula is C24H22FN5O3. The molecule has 0 bridgehead atoms. The number of carbonyl (C=O) groups excluding carboxylic acids is 1. The summed E-state index contributed by atoms with van der Waals surface area (Å²) in [7, 11) is 0. The first-order valence-corrected chi connectivity index (χ1v) is 11.1. The Hall–Kier alpha value is -3.59. The molecule has 6 rings (SSSR count). The highest BCUT2D eigenvalue weighted by Gasteiger charge is 2.28. The van der Waals surface area contributed by atoms with Crippen LogP contribution in [0.15, 0.2) is 35.1 Å². The SMILES string of the molecule is Cc1cc2c(cc1C(=O)N1Cc3cccc(F)c3C1)[nH]c(=O)c1nnc(C3CCOCC3)n12. The van der Waals surface area contributed by atoms with Crippen molar-refractivity contribution in [2.45, 2.75) is 38.8 Å². The summed E-state index contributed by atoms with van der Waals surface area (Å²) in [5.74, 6) is 0.407. The number of aromatic nitrogens is 4. The quantitative estimate of drug-likeness (QED) is 0.510. The Kier molecular flexibility index (Phi) is 4.55. The van der Waals surface area contributed by atoms with Crippen molar-refractivity contribution >= 4 is 22.6 Å². The van der Waals surface area contributed by atoms with E-state index in [1.807, 2.05) is 23.5 Å². The van der Waals surface area contributed by atoms with Gasteiger partial charge in [0.15, 0.2) is 0 Å². The normalized spacial score (nSPS) is 16.6. The lowest BCUT2D eigenvalue weighted by atomic mass is 9.99. The Bertz CT molecular complexity index is 1490. The van der Waals surface area contributed by atoms with Crippen molar-refractivity contribution in [1.29, 1.82) is 0 Å². The van der Waals surface area contributed by atoms with E-state index in [1.165, 1.54) is 6.07 Å². The van der Waals surface area contributed by atoms with Crippen LogP contribution >= 0.6 is 0 Å². The zero-order valence-electron chi connectivity index (χ0n) is 18.1. The topological polar surface area (TPSA) is 92.6 Å². The fraction of sp³-hybridized carbons (Fsp3) is 0.333. The number of nitrogens with zero attached hydrogens (tertiary/aromatic N) is 4. The highest BCUT2D eigenvalue weighted by molar-refractivity contribution is 5.99. The van der Waals surface area contributed by atoms with E-state index in [1.54, 1.807) is 17.0 Å². The number of hydrogen-bond donors (Lipinski definition) is 1. The first kappa shape index (κ1) is 20.0. The van der Waals surface area contributed by atoms with Crippen LogP contribution in [0, 0.1) is 12.7 Å². The van der Waals surface area contributed by atoms with E-state index >= 15 is 0 Å². The van der Waals surface area contributed by atoms with Crippen molar-refractivity contribution < 1.29 is 13.9 Å². The summed E-state index contributed by atoms with van der Waals surface area (Å²) in [5.41, 5.74) is 3.81. The van der Waals surface area contributed by atoms with Gasteiger partial charge < -0.3 is 14.6 Å². The first-order valence-electron chi connectivity index (χ1n) is 11.1. The maximum atomic E-state index is 14.2. The van der Waals surface area contributed by atoms with Crippen LogP contribution in [-0.2, 0) is 17.8 Å². The van der Waals surface area contributed by atoms with Crippen LogP contribution in [0.1, 0.15) is 51.6 Å². The van der Waals surface area contributed by atoms with Gasteiger partial charge in [0.05, 0.1) is 11.0 Å².